The van der Waals surface area contributed by atoms with Gasteiger partial charge in [-0.05, 0) is 106 Å². The molecule has 0 radical (unpaired) electrons. The van der Waals surface area contributed by atoms with Crippen LogP contribution in [-0.2, 0) is 38.2 Å². The van der Waals surface area contributed by atoms with Crippen LogP contribution in [0.2, 0.25) is 0 Å². The quantitative estimate of drug-likeness (QED) is 0.0377. The summed E-state index contributed by atoms with van der Waals surface area (Å²) in [6, 6.07) is -0.507. The maximum atomic E-state index is 13.0. The first-order valence-electron chi connectivity index (χ1n) is 22.2. The number of piperidine rings is 1. The molecule has 1 aliphatic heterocycles. The van der Waals surface area contributed by atoms with Crippen molar-refractivity contribution in [2.45, 2.75) is 220 Å². The van der Waals surface area contributed by atoms with Crippen LogP contribution in [0.4, 0.5) is 4.79 Å². The van der Waals surface area contributed by atoms with Crippen LogP contribution in [-0.4, -0.2) is 75.2 Å². The number of carbonyl (C=O) groups is 5. The number of nitrogens with zero attached hydrogens (tertiary/aromatic N) is 2. The van der Waals surface area contributed by atoms with Gasteiger partial charge in [0.1, 0.15) is 16.8 Å². The van der Waals surface area contributed by atoms with E-state index in [1.807, 2.05) is 20.8 Å². The summed E-state index contributed by atoms with van der Waals surface area (Å²) in [4.78, 5) is 68.1. The molecule has 3 atom stereocenters. The Morgan fingerprint density at radius 2 is 1.07 bits per heavy atom. The first-order chi connectivity index (χ1) is 27.0. The van der Waals surface area contributed by atoms with E-state index in [1.165, 1.54) is 64.2 Å². The molecule has 2 aliphatic carbocycles. The van der Waals surface area contributed by atoms with E-state index in [0.717, 1.165) is 44.4 Å². The van der Waals surface area contributed by atoms with Crippen LogP contribution in [0.25, 0.3) is 0 Å². The summed E-state index contributed by atoms with van der Waals surface area (Å²) in [6.07, 6.45) is 19.6. The predicted octanol–water partition coefficient (Wildman–Crippen LogP) is 9.86. The summed E-state index contributed by atoms with van der Waals surface area (Å²) < 4.78 is 16.2. The Kier molecular flexibility index (Phi) is 21.6. The second-order valence-electron chi connectivity index (χ2n) is 19.8. The highest BCUT2D eigenvalue weighted by Crippen LogP contribution is 2.31. The minimum Gasteiger partial charge on any atom is -0.481 e. The number of nitrogens with two attached hydrogens (primary N) is 1. The summed E-state index contributed by atoms with van der Waals surface area (Å²) >= 11 is 0. The van der Waals surface area contributed by atoms with Gasteiger partial charge in [0.05, 0.1) is 30.7 Å². The fourth-order valence-corrected chi connectivity index (χ4v) is 8.05. The second kappa shape index (κ2) is 24.6. The molecule has 0 bridgehead atoms. The normalized spacial score (nSPS) is 19.8. The number of amidine groups is 1. The highest BCUT2D eigenvalue weighted by atomic mass is 16.7. The van der Waals surface area contributed by atoms with Crippen LogP contribution in [0.15, 0.2) is 5.16 Å². The Morgan fingerprint density at radius 1 is 0.638 bits per heavy atom. The highest BCUT2D eigenvalue weighted by molar-refractivity contribution is 5.89. The molecule has 334 valence electrons. The van der Waals surface area contributed by atoms with Crippen LogP contribution in [0, 0.1) is 23.7 Å². The number of aliphatic carboxylic acids is 1. The average Bonchev–Trinajstić information content (AvgIpc) is 3.11. The number of hydrogen-bond acceptors (Lipinski definition) is 10. The molecule has 58 heavy (non-hydrogen) atoms. The third-order valence-corrected chi connectivity index (χ3v) is 10.8. The van der Waals surface area contributed by atoms with E-state index in [1.54, 1.807) is 46.4 Å². The van der Waals surface area contributed by atoms with Crippen molar-refractivity contribution in [3.8, 4) is 0 Å². The SMILES string of the molecule is CC(C)(C)OC(=O)C[C@@H](CCCC1CCCCC1)C(=O)O.CC(C)(C)OC(=O)C[C@@H](CCCC1CCCCC1)C(=O)O/N=C(\N)C1CCCCN1C(=O)OC(C)(C)C. The number of carboxylic acids is 1. The Bertz CT molecular complexity index is 1320. The van der Waals surface area contributed by atoms with Crippen molar-refractivity contribution in [1.82, 2.24) is 4.90 Å². The summed E-state index contributed by atoms with van der Waals surface area (Å²) in [5.74, 6) is -2.11. The van der Waals surface area contributed by atoms with E-state index >= 15 is 0 Å². The minimum absolute atomic E-state index is 0.0166. The number of hydrogen-bond donors (Lipinski definition) is 2. The van der Waals surface area contributed by atoms with E-state index in [4.69, 9.17) is 24.8 Å². The lowest BCUT2D eigenvalue weighted by molar-refractivity contribution is -0.162. The van der Waals surface area contributed by atoms with E-state index in [0.29, 0.717) is 31.7 Å². The molecular formula is C45H79N3O10. The van der Waals surface area contributed by atoms with Crippen molar-refractivity contribution in [3.05, 3.63) is 0 Å². The van der Waals surface area contributed by atoms with Gasteiger partial charge in [-0.25, -0.2) is 9.59 Å². The van der Waals surface area contributed by atoms with E-state index in [2.05, 4.69) is 5.16 Å². The van der Waals surface area contributed by atoms with Gasteiger partial charge in [-0.2, -0.15) is 0 Å². The number of esters is 2. The fraction of sp³-hybridized carbons (Fsp3) is 0.867. The monoisotopic (exact) mass is 822 g/mol. The van der Waals surface area contributed by atoms with Gasteiger partial charge in [0.25, 0.3) is 0 Å². The van der Waals surface area contributed by atoms with Crippen LogP contribution >= 0.6 is 0 Å². The molecular weight excluding hydrogens is 743 g/mol. The maximum absolute atomic E-state index is 13.0. The smallest absolute Gasteiger partial charge is 0.410 e. The molecule has 3 aliphatic rings. The molecule has 1 heterocycles. The van der Waals surface area contributed by atoms with Crippen LogP contribution in [0.3, 0.4) is 0 Å². The standard InChI is InChI=1S/C28H49N3O6.C17H30O4/c1-27(2,3)35-23(32)19-21(16-12-15-20-13-8-7-9-14-20)25(33)37-30-24(29)22-17-10-11-18-31(22)26(34)36-28(4,5)6;1-17(2,3)21-15(18)12-14(16(19)20)11-7-10-13-8-5-4-6-9-13/h20-22H,7-19H2,1-6H3,(H2,29,30);13-14H,4-12H2,1-3H3,(H,19,20)/t21-,22?;14-/m11/s1. The van der Waals surface area contributed by atoms with Gasteiger partial charge in [0, 0.05) is 6.54 Å². The predicted molar refractivity (Wildman–Crippen MR) is 225 cm³/mol. The van der Waals surface area contributed by atoms with Gasteiger partial charge in [0.15, 0.2) is 5.84 Å². The van der Waals surface area contributed by atoms with Gasteiger partial charge >= 0.3 is 30.0 Å². The maximum Gasteiger partial charge on any atom is 0.410 e. The Hall–Kier alpha value is -3.38. The number of rotatable bonds is 16. The zero-order valence-electron chi connectivity index (χ0n) is 37.5. The lowest BCUT2D eigenvalue weighted by Crippen LogP contribution is -2.52. The van der Waals surface area contributed by atoms with Crippen molar-refractivity contribution < 1.29 is 48.1 Å². The molecule has 1 saturated heterocycles. The van der Waals surface area contributed by atoms with Crippen molar-refractivity contribution in [1.29, 1.82) is 0 Å². The Morgan fingerprint density at radius 3 is 1.52 bits per heavy atom. The third kappa shape index (κ3) is 22.1. The van der Waals surface area contributed by atoms with E-state index in [-0.39, 0.29) is 18.7 Å². The topological polar surface area (TPSA) is 184 Å². The number of ether oxygens (including phenoxy) is 3. The summed E-state index contributed by atoms with van der Waals surface area (Å²) in [5.41, 5.74) is 4.38. The number of amides is 1. The molecule has 1 amide bonds. The van der Waals surface area contributed by atoms with Crippen LogP contribution in [0.5, 0.6) is 0 Å². The van der Waals surface area contributed by atoms with Gasteiger partial charge < -0.3 is 29.9 Å². The van der Waals surface area contributed by atoms with Gasteiger partial charge in [-0.1, -0.05) is 95.0 Å². The van der Waals surface area contributed by atoms with Crippen LogP contribution in [0.1, 0.15) is 197 Å². The molecule has 0 aromatic rings. The number of carboxylic acid groups (broad SMARTS) is 1. The lowest BCUT2D eigenvalue weighted by atomic mass is 9.84. The Balaban J connectivity index is 0.000000467. The molecule has 0 aromatic carbocycles. The van der Waals surface area contributed by atoms with E-state index in [9.17, 15) is 29.1 Å². The van der Waals surface area contributed by atoms with Gasteiger partial charge in [-0.3, -0.25) is 19.3 Å². The largest absolute Gasteiger partial charge is 0.481 e. The van der Waals surface area contributed by atoms with Crippen molar-refractivity contribution >= 4 is 35.8 Å². The minimum atomic E-state index is -0.885. The van der Waals surface area contributed by atoms with E-state index < -0.39 is 64.7 Å². The molecule has 13 heteroatoms. The molecule has 13 nitrogen and oxygen atoms in total. The highest BCUT2D eigenvalue weighted by Gasteiger charge is 2.34. The molecule has 1 unspecified atom stereocenters. The zero-order valence-corrected chi connectivity index (χ0v) is 37.5. The zero-order chi connectivity index (χ0) is 43.5. The number of likely N-dealkylation sites (tertiary alicyclic amines) is 1. The van der Waals surface area contributed by atoms with Crippen molar-refractivity contribution in [2.75, 3.05) is 6.54 Å². The van der Waals surface area contributed by atoms with Gasteiger partial charge in [-0.15, -0.1) is 0 Å². The van der Waals surface area contributed by atoms with Crippen LogP contribution < -0.4 is 5.73 Å². The fourth-order valence-electron chi connectivity index (χ4n) is 8.05. The molecule has 0 aromatic heterocycles. The first-order valence-corrected chi connectivity index (χ1v) is 22.2. The summed E-state index contributed by atoms with van der Waals surface area (Å²) in [6.45, 7) is 16.7. The van der Waals surface area contributed by atoms with Gasteiger partial charge in [0.2, 0.25) is 0 Å². The van der Waals surface area contributed by atoms with Crippen molar-refractivity contribution in [3.63, 3.8) is 0 Å². The van der Waals surface area contributed by atoms with Crippen molar-refractivity contribution in [2.24, 2.45) is 34.6 Å². The molecule has 3 N–H and O–H groups in total. The molecule has 3 fully saturated rings. The summed E-state index contributed by atoms with van der Waals surface area (Å²) in [5, 5.41) is 13.2. The Labute approximate surface area is 349 Å². The summed E-state index contributed by atoms with van der Waals surface area (Å²) in [7, 11) is 0. The number of oxime groups is 1. The average molecular weight is 822 g/mol. The molecule has 0 spiro atoms. The molecule has 3 rings (SSSR count). The number of carbonyl (C=O) groups excluding carboxylic acids is 4. The lowest BCUT2D eigenvalue weighted by Gasteiger charge is -2.36. The third-order valence-electron chi connectivity index (χ3n) is 10.8. The second-order valence-corrected chi connectivity index (χ2v) is 19.8. The molecule has 2 saturated carbocycles. The first kappa shape index (κ1) is 50.8.